The molecule has 10 heteroatoms. The third-order valence-corrected chi connectivity index (χ3v) is 5.50. The highest BCUT2D eigenvalue weighted by Gasteiger charge is 2.25. The summed E-state index contributed by atoms with van der Waals surface area (Å²) in [6.07, 6.45) is 1.52. The Kier molecular flexibility index (Phi) is 7.21. The molecule has 0 saturated carbocycles. The third-order valence-electron chi connectivity index (χ3n) is 4.91. The fourth-order valence-corrected chi connectivity index (χ4v) is 3.83. The van der Waals surface area contributed by atoms with Crippen molar-refractivity contribution in [2.75, 3.05) is 6.61 Å². The second-order valence-corrected chi connectivity index (χ2v) is 8.14. The first-order valence-corrected chi connectivity index (χ1v) is 11.2. The molecule has 1 aliphatic rings. The van der Waals surface area contributed by atoms with Crippen LogP contribution in [0.25, 0.3) is 6.08 Å². The Labute approximate surface area is 207 Å². The zero-order chi connectivity index (χ0) is 24.9. The number of halogens is 2. The number of carbonyl (C=O) groups is 1. The largest absolute Gasteiger partial charge is 0.490 e. The Morgan fingerprint density at radius 1 is 1.14 bits per heavy atom. The van der Waals surface area contributed by atoms with Crippen molar-refractivity contribution in [1.82, 2.24) is 0 Å². The SMILES string of the molecule is CCOc1cc(/C=C2\N=C(c3ccc([N+](=O)[O-])cc3)OC2=O)cc(Br)c1OCc1ccccc1F. The Morgan fingerprint density at radius 2 is 1.89 bits per heavy atom. The molecule has 3 aromatic carbocycles. The monoisotopic (exact) mass is 540 g/mol. The van der Waals surface area contributed by atoms with Crippen LogP contribution in [0, 0.1) is 15.9 Å². The molecule has 0 unspecified atom stereocenters. The van der Waals surface area contributed by atoms with Crippen LogP contribution in [0.1, 0.15) is 23.6 Å². The molecule has 0 amide bonds. The number of nitro groups is 1. The second-order valence-electron chi connectivity index (χ2n) is 7.28. The molecule has 0 fully saturated rings. The minimum atomic E-state index is -0.660. The Hall–Kier alpha value is -4.05. The number of aliphatic imine (C=N–C) groups is 1. The lowest BCUT2D eigenvalue weighted by molar-refractivity contribution is -0.384. The van der Waals surface area contributed by atoms with Gasteiger partial charge in [0.25, 0.3) is 5.69 Å². The van der Waals surface area contributed by atoms with Gasteiger partial charge >= 0.3 is 5.97 Å². The molecule has 1 aliphatic heterocycles. The molecule has 4 rings (SSSR count). The average molecular weight is 541 g/mol. The molecule has 0 saturated heterocycles. The molecule has 0 radical (unpaired) electrons. The molecular weight excluding hydrogens is 523 g/mol. The predicted octanol–water partition coefficient (Wildman–Crippen LogP) is 5.82. The molecule has 35 heavy (non-hydrogen) atoms. The van der Waals surface area contributed by atoms with Crippen molar-refractivity contribution in [1.29, 1.82) is 0 Å². The Balaban J connectivity index is 1.60. The summed E-state index contributed by atoms with van der Waals surface area (Å²) in [5.74, 6) is -0.195. The van der Waals surface area contributed by atoms with Crippen molar-refractivity contribution in [3.05, 3.63) is 103 Å². The lowest BCUT2D eigenvalue weighted by Crippen LogP contribution is -2.05. The van der Waals surface area contributed by atoms with Gasteiger partial charge in [0.05, 0.1) is 16.0 Å². The summed E-state index contributed by atoms with van der Waals surface area (Å²) in [7, 11) is 0. The highest BCUT2D eigenvalue weighted by atomic mass is 79.9. The summed E-state index contributed by atoms with van der Waals surface area (Å²) >= 11 is 3.46. The minimum Gasteiger partial charge on any atom is -0.490 e. The summed E-state index contributed by atoms with van der Waals surface area (Å²) in [6, 6.07) is 15.2. The summed E-state index contributed by atoms with van der Waals surface area (Å²) in [5.41, 5.74) is 1.38. The number of nitro benzene ring substituents is 1. The van der Waals surface area contributed by atoms with E-state index >= 15 is 0 Å². The van der Waals surface area contributed by atoms with Gasteiger partial charge in [0.15, 0.2) is 17.2 Å². The number of esters is 1. The smallest absolute Gasteiger partial charge is 0.363 e. The number of ether oxygens (including phenoxy) is 3. The number of carbonyl (C=O) groups excluding carboxylic acids is 1. The maximum absolute atomic E-state index is 14.0. The van der Waals surface area contributed by atoms with Gasteiger partial charge in [-0.15, -0.1) is 0 Å². The van der Waals surface area contributed by atoms with E-state index < -0.39 is 10.9 Å². The van der Waals surface area contributed by atoms with E-state index in [4.69, 9.17) is 14.2 Å². The van der Waals surface area contributed by atoms with Crippen molar-refractivity contribution < 1.29 is 28.3 Å². The van der Waals surface area contributed by atoms with Gasteiger partial charge in [-0.25, -0.2) is 14.2 Å². The van der Waals surface area contributed by atoms with Gasteiger partial charge in [0.2, 0.25) is 5.90 Å². The Morgan fingerprint density at radius 3 is 2.57 bits per heavy atom. The summed E-state index contributed by atoms with van der Waals surface area (Å²) in [6.45, 7) is 2.17. The van der Waals surface area contributed by atoms with Crippen molar-refractivity contribution in [3.63, 3.8) is 0 Å². The fraction of sp³-hybridized carbons (Fsp3) is 0.120. The number of nitrogens with zero attached hydrogens (tertiary/aromatic N) is 2. The number of hydrogen-bond donors (Lipinski definition) is 0. The predicted molar refractivity (Wildman–Crippen MR) is 130 cm³/mol. The molecule has 0 N–H and O–H groups in total. The van der Waals surface area contributed by atoms with Crippen LogP contribution >= 0.6 is 15.9 Å². The standard InChI is InChI=1S/C25H18BrFN2O6/c1-2-33-22-13-15(11-19(26)23(22)34-14-17-5-3-4-6-20(17)27)12-21-25(30)35-24(28-21)16-7-9-18(10-8-16)29(31)32/h3-13H,2,14H2,1H3/b21-12-. The molecule has 0 aliphatic carbocycles. The molecule has 0 bridgehead atoms. The van der Waals surface area contributed by atoms with E-state index in [1.54, 1.807) is 30.3 Å². The van der Waals surface area contributed by atoms with Gasteiger partial charge in [-0.2, -0.15) is 0 Å². The summed E-state index contributed by atoms with van der Waals surface area (Å²) < 4.78 is 31.3. The minimum absolute atomic E-state index is 0.000992. The lowest BCUT2D eigenvalue weighted by Gasteiger charge is -2.15. The van der Waals surface area contributed by atoms with E-state index in [-0.39, 0.29) is 29.7 Å². The normalized spacial score (nSPS) is 14.0. The first-order valence-electron chi connectivity index (χ1n) is 10.5. The maximum Gasteiger partial charge on any atom is 0.363 e. The van der Waals surface area contributed by atoms with E-state index in [2.05, 4.69) is 20.9 Å². The highest BCUT2D eigenvalue weighted by Crippen LogP contribution is 2.38. The van der Waals surface area contributed by atoms with Gasteiger partial charge in [0.1, 0.15) is 12.4 Å². The first kappa shape index (κ1) is 24.1. The van der Waals surface area contributed by atoms with Crippen LogP contribution in [0.3, 0.4) is 0 Å². The Bertz CT molecular complexity index is 1350. The zero-order valence-corrected chi connectivity index (χ0v) is 20.0. The van der Waals surface area contributed by atoms with E-state index in [0.717, 1.165) is 0 Å². The summed E-state index contributed by atoms with van der Waals surface area (Å²) in [4.78, 5) is 26.9. The van der Waals surface area contributed by atoms with E-state index in [1.165, 1.54) is 36.4 Å². The van der Waals surface area contributed by atoms with E-state index in [1.807, 2.05) is 6.92 Å². The number of non-ortho nitro benzene ring substituents is 1. The van der Waals surface area contributed by atoms with E-state index in [0.29, 0.717) is 39.3 Å². The molecule has 8 nitrogen and oxygen atoms in total. The third kappa shape index (κ3) is 5.55. The van der Waals surface area contributed by atoms with Gasteiger partial charge in [-0.1, -0.05) is 18.2 Å². The lowest BCUT2D eigenvalue weighted by atomic mass is 10.1. The number of benzene rings is 3. The quantitative estimate of drug-likeness (QED) is 0.154. The number of cyclic esters (lactones) is 1. The molecule has 178 valence electrons. The van der Waals surface area contributed by atoms with Crippen molar-refractivity contribution in [2.24, 2.45) is 4.99 Å². The van der Waals surface area contributed by atoms with Gasteiger partial charge in [-0.05, 0) is 64.8 Å². The molecule has 0 aromatic heterocycles. The topological polar surface area (TPSA) is 100 Å². The van der Waals surface area contributed by atoms with Crippen molar-refractivity contribution in [3.8, 4) is 11.5 Å². The highest BCUT2D eigenvalue weighted by molar-refractivity contribution is 9.10. The molecular formula is C25H18BrFN2O6. The van der Waals surface area contributed by atoms with Gasteiger partial charge in [0, 0.05) is 23.3 Å². The van der Waals surface area contributed by atoms with Crippen LogP contribution in [-0.4, -0.2) is 23.4 Å². The van der Waals surface area contributed by atoms with Crippen LogP contribution in [0.4, 0.5) is 10.1 Å². The van der Waals surface area contributed by atoms with Crippen molar-refractivity contribution >= 4 is 39.6 Å². The zero-order valence-electron chi connectivity index (χ0n) is 18.4. The molecule has 1 heterocycles. The second kappa shape index (κ2) is 10.5. The van der Waals surface area contributed by atoms with Crippen LogP contribution in [-0.2, 0) is 16.1 Å². The molecule has 0 spiro atoms. The first-order chi connectivity index (χ1) is 16.9. The molecule has 0 atom stereocenters. The number of rotatable bonds is 8. The van der Waals surface area contributed by atoms with Gasteiger partial charge in [-0.3, -0.25) is 10.1 Å². The average Bonchev–Trinajstić information content (AvgIpc) is 3.20. The van der Waals surface area contributed by atoms with Crippen LogP contribution in [0.15, 0.2) is 75.8 Å². The van der Waals surface area contributed by atoms with Gasteiger partial charge < -0.3 is 14.2 Å². The molecule has 3 aromatic rings. The van der Waals surface area contributed by atoms with Crippen molar-refractivity contribution in [2.45, 2.75) is 13.5 Å². The van der Waals surface area contributed by atoms with Crippen LogP contribution in [0.2, 0.25) is 0 Å². The number of hydrogen-bond acceptors (Lipinski definition) is 7. The summed E-state index contributed by atoms with van der Waals surface area (Å²) in [5, 5.41) is 10.8. The van der Waals surface area contributed by atoms with E-state index in [9.17, 15) is 19.3 Å². The van der Waals surface area contributed by atoms with Crippen LogP contribution in [0.5, 0.6) is 11.5 Å². The maximum atomic E-state index is 14.0. The van der Waals surface area contributed by atoms with Crippen LogP contribution < -0.4 is 9.47 Å². The fourth-order valence-electron chi connectivity index (χ4n) is 3.26.